The first-order valence-corrected chi connectivity index (χ1v) is 5.78. The summed E-state index contributed by atoms with van der Waals surface area (Å²) in [6.45, 7) is 2.04. The van der Waals surface area contributed by atoms with E-state index in [9.17, 15) is 4.79 Å². The van der Waals surface area contributed by atoms with E-state index < -0.39 is 0 Å². The van der Waals surface area contributed by atoms with Crippen LogP contribution in [0.15, 0.2) is 42.6 Å². The normalized spacial score (nSPS) is 10.7. The average molecular weight is 236 g/mol. The van der Waals surface area contributed by atoms with Gasteiger partial charge in [0.1, 0.15) is 0 Å². The average Bonchev–Trinajstić information content (AvgIpc) is 2.84. The van der Waals surface area contributed by atoms with Gasteiger partial charge in [0.2, 0.25) is 0 Å². The van der Waals surface area contributed by atoms with Gasteiger partial charge in [-0.25, -0.2) is 0 Å². The van der Waals surface area contributed by atoms with E-state index in [1.165, 1.54) is 0 Å². The Kier molecular flexibility index (Phi) is 2.45. The molecule has 0 aliphatic carbocycles. The highest BCUT2D eigenvalue weighted by Gasteiger charge is 2.08. The summed E-state index contributed by atoms with van der Waals surface area (Å²) >= 11 is 0. The van der Waals surface area contributed by atoms with Gasteiger partial charge >= 0.3 is 0 Å². The van der Waals surface area contributed by atoms with Crippen LogP contribution in [0.5, 0.6) is 0 Å². The third kappa shape index (κ3) is 1.61. The molecule has 2 aromatic carbocycles. The summed E-state index contributed by atoms with van der Waals surface area (Å²) < 4.78 is 0. The van der Waals surface area contributed by atoms with Crippen molar-refractivity contribution in [3.8, 4) is 11.1 Å². The molecule has 0 amide bonds. The molecule has 1 N–H and O–H groups in total. The number of hydrogen-bond acceptors (Lipinski definition) is 2. The molecule has 3 rings (SSSR count). The van der Waals surface area contributed by atoms with E-state index in [1.54, 1.807) is 6.20 Å². The number of rotatable bonds is 2. The number of aldehydes is 1. The summed E-state index contributed by atoms with van der Waals surface area (Å²) in [6, 6.07) is 11.7. The first-order valence-electron chi connectivity index (χ1n) is 5.78. The lowest BCUT2D eigenvalue weighted by Gasteiger charge is -2.08. The molecule has 18 heavy (non-hydrogen) atoms. The van der Waals surface area contributed by atoms with Gasteiger partial charge in [0.25, 0.3) is 0 Å². The van der Waals surface area contributed by atoms with Gasteiger partial charge in [0.05, 0.1) is 11.7 Å². The molecule has 0 aliphatic heterocycles. The van der Waals surface area contributed by atoms with E-state index in [2.05, 4.69) is 16.3 Å². The van der Waals surface area contributed by atoms with Crippen LogP contribution in [0.3, 0.4) is 0 Å². The number of fused-ring (bicyclic) bond motifs is 1. The van der Waals surface area contributed by atoms with E-state index in [0.29, 0.717) is 5.56 Å². The fourth-order valence-corrected chi connectivity index (χ4v) is 2.24. The number of aryl methyl sites for hydroxylation is 1. The summed E-state index contributed by atoms with van der Waals surface area (Å²) in [6.07, 6.45) is 2.70. The van der Waals surface area contributed by atoms with E-state index in [1.807, 2.05) is 37.3 Å². The number of aromatic nitrogens is 2. The van der Waals surface area contributed by atoms with Crippen LogP contribution in [0.1, 0.15) is 15.9 Å². The lowest BCUT2D eigenvalue weighted by atomic mass is 9.95. The second kappa shape index (κ2) is 4.11. The quantitative estimate of drug-likeness (QED) is 0.693. The Labute approximate surface area is 104 Å². The molecule has 0 radical (unpaired) electrons. The van der Waals surface area contributed by atoms with Crippen molar-refractivity contribution in [2.75, 3.05) is 0 Å². The molecule has 0 bridgehead atoms. The van der Waals surface area contributed by atoms with Gasteiger partial charge in [-0.05, 0) is 35.7 Å². The monoisotopic (exact) mass is 236 g/mol. The molecule has 3 aromatic rings. The Morgan fingerprint density at radius 2 is 2.00 bits per heavy atom. The molecular weight excluding hydrogens is 224 g/mol. The maximum atomic E-state index is 11.1. The second-order valence-corrected chi connectivity index (χ2v) is 4.33. The van der Waals surface area contributed by atoms with Gasteiger partial charge in [-0.15, -0.1) is 0 Å². The standard InChI is InChI=1S/C15H12N2O/c1-10-6-12-8-16-17-15(12)7-14(10)13-5-3-2-4-11(13)9-18/h2-9H,1H3,(H,16,17). The third-order valence-corrected chi connectivity index (χ3v) is 3.16. The molecule has 0 atom stereocenters. The Morgan fingerprint density at radius 3 is 2.83 bits per heavy atom. The smallest absolute Gasteiger partial charge is 0.150 e. The highest BCUT2D eigenvalue weighted by atomic mass is 16.1. The van der Waals surface area contributed by atoms with E-state index in [0.717, 1.165) is 33.9 Å². The van der Waals surface area contributed by atoms with Crippen LogP contribution < -0.4 is 0 Å². The van der Waals surface area contributed by atoms with Gasteiger partial charge in [0, 0.05) is 10.9 Å². The number of nitrogens with zero attached hydrogens (tertiary/aromatic N) is 1. The highest BCUT2D eigenvalue weighted by Crippen LogP contribution is 2.29. The fourth-order valence-electron chi connectivity index (χ4n) is 2.24. The van der Waals surface area contributed by atoms with Crippen molar-refractivity contribution in [1.29, 1.82) is 0 Å². The SMILES string of the molecule is Cc1cc2cn[nH]c2cc1-c1ccccc1C=O. The van der Waals surface area contributed by atoms with E-state index in [-0.39, 0.29) is 0 Å². The van der Waals surface area contributed by atoms with Crippen LogP contribution in [0, 0.1) is 6.92 Å². The van der Waals surface area contributed by atoms with Gasteiger partial charge in [-0.1, -0.05) is 24.3 Å². The molecule has 3 heteroatoms. The Morgan fingerprint density at radius 1 is 1.17 bits per heavy atom. The first-order chi connectivity index (χ1) is 8.79. The van der Waals surface area contributed by atoms with Gasteiger partial charge in [0.15, 0.2) is 6.29 Å². The minimum atomic E-state index is 0.708. The molecule has 1 heterocycles. The second-order valence-electron chi connectivity index (χ2n) is 4.33. The minimum Gasteiger partial charge on any atom is -0.298 e. The van der Waals surface area contributed by atoms with E-state index >= 15 is 0 Å². The predicted octanol–water partition coefficient (Wildman–Crippen LogP) is 3.35. The maximum absolute atomic E-state index is 11.1. The Balaban J connectivity index is 2.30. The molecule has 0 fully saturated rings. The van der Waals surface area contributed by atoms with Gasteiger partial charge in [-0.2, -0.15) is 5.10 Å². The van der Waals surface area contributed by atoms with Crippen LogP contribution in [0.25, 0.3) is 22.0 Å². The maximum Gasteiger partial charge on any atom is 0.150 e. The number of carbonyl (C=O) groups excluding carboxylic acids is 1. The number of hydrogen-bond donors (Lipinski definition) is 1. The minimum absolute atomic E-state index is 0.708. The van der Waals surface area contributed by atoms with Crippen LogP contribution >= 0.6 is 0 Å². The molecule has 3 nitrogen and oxygen atoms in total. The van der Waals surface area contributed by atoms with Gasteiger partial charge < -0.3 is 0 Å². The zero-order valence-electron chi connectivity index (χ0n) is 9.97. The zero-order valence-corrected chi connectivity index (χ0v) is 9.97. The van der Waals surface area contributed by atoms with Crippen molar-refractivity contribution in [3.05, 3.63) is 53.7 Å². The predicted molar refractivity (Wildman–Crippen MR) is 71.7 cm³/mol. The summed E-state index contributed by atoms with van der Waals surface area (Å²) in [5, 5.41) is 8.06. The molecule has 0 unspecified atom stereocenters. The molecule has 0 saturated carbocycles. The lowest BCUT2D eigenvalue weighted by Crippen LogP contribution is -1.90. The fraction of sp³-hybridized carbons (Fsp3) is 0.0667. The molecule has 1 aromatic heterocycles. The largest absolute Gasteiger partial charge is 0.298 e. The number of carbonyl (C=O) groups is 1. The zero-order chi connectivity index (χ0) is 12.5. The third-order valence-electron chi connectivity index (χ3n) is 3.16. The van der Waals surface area contributed by atoms with E-state index in [4.69, 9.17) is 0 Å². The molecule has 0 spiro atoms. The van der Waals surface area contributed by atoms with Crippen molar-refractivity contribution >= 4 is 17.2 Å². The van der Waals surface area contributed by atoms with Crippen molar-refractivity contribution in [2.24, 2.45) is 0 Å². The Bertz CT molecular complexity index is 728. The highest BCUT2D eigenvalue weighted by molar-refractivity contribution is 5.92. The summed E-state index contributed by atoms with van der Waals surface area (Å²) in [7, 11) is 0. The Hall–Kier alpha value is -2.42. The van der Waals surface area contributed by atoms with Gasteiger partial charge in [-0.3, -0.25) is 9.89 Å². The summed E-state index contributed by atoms with van der Waals surface area (Å²) in [5.74, 6) is 0. The number of benzene rings is 2. The number of nitrogens with one attached hydrogen (secondary N) is 1. The molecule has 88 valence electrons. The van der Waals surface area contributed by atoms with Crippen LogP contribution in [0.2, 0.25) is 0 Å². The van der Waals surface area contributed by atoms with Crippen molar-refractivity contribution in [1.82, 2.24) is 10.2 Å². The van der Waals surface area contributed by atoms with Crippen LogP contribution in [-0.2, 0) is 0 Å². The molecular formula is C15H12N2O. The van der Waals surface area contributed by atoms with Crippen molar-refractivity contribution in [3.63, 3.8) is 0 Å². The number of aromatic amines is 1. The van der Waals surface area contributed by atoms with Crippen molar-refractivity contribution < 1.29 is 4.79 Å². The topological polar surface area (TPSA) is 45.8 Å². The summed E-state index contributed by atoms with van der Waals surface area (Å²) in [5.41, 5.74) is 4.85. The summed E-state index contributed by atoms with van der Waals surface area (Å²) in [4.78, 5) is 11.1. The van der Waals surface area contributed by atoms with Crippen molar-refractivity contribution in [2.45, 2.75) is 6.92 Å². The van der Waals surface area contributed by atoms with Crippen LogP contribution in [-0.4, -0.2) is 16.5 Å². The number of H-pyrrole nitrogens is 1. The molecule has 0 aliphatic rings. The molecule has 0 saturated heterocycles. The lowest BCUT2D eigenvalue weighted by molar-refractivity contribution is 0.112. The first kappa shape index (κ1) is 10.7. The van der Waals surface area contributed by atoms with Crippen LogP contribution in [0.4, 0.5) is 0 Å².